The van der Waals surface area contributed by atoms with Crippen molar-refractivity contribution in [2.75, 3.05) is 6.61 Å². The van der Waals surface area contributed by atoms with E-state index < -0.39 is 27.3 Å². The highest BCUT2D eigenvalue weighted by molar-refractivity contribution is 7.88. The molecule has 0 aliphatic heterocycles. The van der Waals surface area contributed by atoms with Gasteiger partial charge in [-0.05, 0) is 19.1 Å². The molecule has 0 aliphatic rings. The fourth-order valence-corrected chi connectivity index (χ4v) is 2.15. The van der Waals surface area contributed by atoms with Gasteiger partial charge in [0.15, 0.2) is 5.75 Å². The lowest BCUT2D eigenvalue weighted by molar-refractivity contribution is -0.0499. The lowest BCUT2D eigenvalue weighted by atomic mass is 10.2. The normalized spacial score (nSPS) is 12.4. The number of aromatic nitrogens is 1. The summed E-state index contributed by atoms with van der Waals surface area (Å²) in [5, 5.41) is 0.304. The molecule has 0 spiro atoms. The van der Waals surface area contributed by atoms with Crippen molar-refractivity contribution in [3.63, 3.8) is 0 Å². The van der Waals surface area contributed by atoms with E-state index in [1.165, 1.54) is 18.2 Å². The summed E-state index contributed by atoms with van der Waals surface area (Å²) in [6.45, 7) is 1.70. The summed E-state index contributed by atoms with van der Waals surface area (Å²) in [6, 6.07) is 5.13. The van der Waals surface area contributed by atoms with Crippen LogP contribution in [-0.4, -0.2) is 31.5 Å². The Morgan fingerprint density at radius 1 is 1.32 bits per heavy atom. The first kappa shape index (κ1) is 16.1. The van der Waals surface area contributed by atoms with Gasteiger partial charge in [-0.2, -0.15) is 21.6 Å². The van der Waals surface area contributed by atoms with Gasteiger partial charge in [-0.15, -0.1) is 0 Å². The van der Waals surface area contributed by atoms with Crippen LogP contribution in [0.3, 0.4) is 0 Å². The zero-order valence-electron chi connectivity index (χ0n) is 11.1. The lowest BCUT2D eigenvalue weighted by Crippen LogP contribution is -2.28. The molecule has 0 amide bonds. The highest BCUT2D eigenvalue weighted by Gasteiger charge is 2.48. The second-order valence-corrected chi connectivity index (χ2v) is 5.64. The monoisotopic (exact) mass is 337 g/mol. The summed E-state index contributed by atoms with van der Waals surface area (Å²) >= 11 is 0. The van der Waals surface area contributed by atoms with E-state index in [0.717, 1.165) is 6.07 Å². The second-order valence-electron chi connectivity index (χ2n) is 4.11. The molecule has 2 rings (SSSR count). The summed E-state index contributed by atoms with van der Waals surface area (Å²) in [4.78, 5) is 14.1. The maximum atomic E-state index is 12.4. The number of nitrogens with one attached hydrogen (secondary N) is 1. The van der Waals surface area contributed by atoms with E-state index in [4.69, 9.17) is 4.74 Å². The number of rotatable bonds is 4. The van der Waals surface area contributed by atoms with E-state index in [1.54, 1.807) is 6.92 Å². The molecule has 0 aliphatic carbocycles. The second kappa shape index (κ2) is 5.52. The van der Waals surface area contributed by atoms with Crippen LogP contribution >= 0.6 is 0 Å². The maximum Gasteiger partial charge on any atom is 0.534 e. The number of H-pyrrole nitrogens is 1. The zero-order valence-corrected chi connectivity index (χ0v) is 11.9. The third kappa shape index (κ3) is 3.01. The standard InChI is InChI=1S/C12H10F3NO5S/c1-2-20-11(17)8-6-7-4-3-5-9(10(7)16-8)21-22(18,19)12(13,14)15/h3-6,16H,2H2,1H3. The Bertz CT molecular complexity index is 810. The molecular formula is C12H10F3NO5S. The average Bonchev–Trinajstić information content (AvgIpc) is 2.82. The fourth-order valence-electron chi connectivity index (χ4n) is 1.68. The molecule has 1 N–H and O–H groups in total. The predicted molar refractivity (Wildman–Crippen MR) is 69.9 cm³/mol. The number of esters is 1. The number of hydrogen-bond acceptors (Lipinski definition) is 5. The molecule has 2 aromatic rings. The van der Waals surface area contributed by atoms with Crippen LogP contribution in [-0.2, 0) is 14.9 Å². The van der Waals surface area contributed by atoms with Crippen molar-refractivity contribution in [1.29, 1.82) is 0 Å². The van der Waals surface area contributed by atoms with E-state index in [2.05, 4.69) is 9.17 Å². The Labute approximate surface area is 123 Å². The fraction of sp³-hybridized carbons (Fsp3) is 0.250. The van der Waals surface area contributed by atoms with Gasteiger partial charge in [-0.1, -0.05) is 12.1 Å². The Morgan fingerprint density at radius 3 is 2.59 bits per heavy atom. The number of aromatic amines is 1. The molecule has 120 valence electrons. The highest BCUT2D eigenvalue weighted by Crippen LogP contribution is 2.31. The molecular weight excluding hydrogens is 327 g/mol. The molecule has 0 fully saturated rings. The van der Waals surface area contributed by atoms with Gasteiger partial charge in [0.25, 0.3) is 0 Å². The van der Waals surface area contributed by atoms with E-state index in [1.807, 2.05) is 0 Å². The van der Waals surface area contributed by atoms with Gasteiger partial charge in [-0.3, -0.25) is 0 Å². The largest absolute Gasteiger partial charge is 0.534 e. The van der Waals surface area contributed by atoms with Crippen molar-refractivity contribution in [2.24, 2.45) is 0 Å². The van der Waals surface area contributed by atoms with Crippen LogP contribution in [0, 0.1) is 0 Å². The molecule has 1 heterocycles. The number of para-hydroxylation sites is 1. The van der Waals surface area contributed by atoms with Crippen LogP contribution in [0.2, 0.25) is 0 Å². The SMILES string of the molecule is CCOC(=O)c1cc2cccc(OS(=O)(=O)C(F)(F)F)c2[nH]1. The Kier molecular flexibility index (Phi) is 4.05. The molecule has 22 heavy (non-hydrogen) atoms. The van der Waals surface area contributed by atoms with Crippen molar-refractivity contribution in [3.05, 3.63) is 30.0 Å². The highest BCUT2D eigenvalue weighted by atomic mass is 32.2. The lowest BCUT2D eigenvalue weighted by Gasteiger charge is -2.09. The van der Waals surface area contributed by atoms with Crippen LogP contribution in [0.5, 0.6) is 5.75 Å². The van der Waals surface area contributed by atoms with Crippen molar-refractivity contribution < 1.29 is 35.3 Å². The maximum absolute atomic E-state index is 12.4. The van der Waals surface area contributed by atoms with Crippen molar-refractivity contribution in [1.82, 2.24) is 4.98 Å². The smallest absolute Gasteiger partial charge is 0.461 e. The number of halogens is 3. The molecule has 0 bridgehead atoms. The average molecular weight is 337 g/mol. The molecule has 10 heteroatoms. The molecule has 0 atom stereocenters. The molecule has 0 saturated carbocycles. The van der Waals surface area contributed by atoms with Gasteiger partial charge < -0.3 is 13.9 Å². The van der Waals surface area contributed by atoms with Crippen LogP contribution in [0.1, 0.15) is 17.4 Å². The summed E-state index contributed by atoms with van der Waals surface area (Å²) < 4.78 is 68.0. The summed E-state index contributed by atoms with van der Waals surface area (Å²) in [7, 11) is -5.80. The summed E-state index contributed by atoms with van der Waals surface area (Å²) in [5.74, 6) is -1.28. The molecule has 0 radical (unpaired) electrons. The van der Waals surface area contributed by atoms with Gasteiger partial charge in [0, 0.05) is 5.39 Å². The Morgan fingerprint density at radius 2 is 2.00 bits per heavy atom. The number of ether oxygens (including phenoxy) is 1. The van der Waals surface area contributed by atoms with Crippen molar-refractivity contribution in [3.8, 4) is 5.75 Å². The number of fused-ring (bicyclic) bond motifs is 1. The number of carbonyl (C=O) groups is 1. The van der Waals surface area contributed by atoms with E-state index in [-0.39, 0.29) is 17.8 Å². The minimum atomic E-state index is -5.80. The Hall–Kier alpha value is -2.23. The van der Waals surface area contributed by atoms with Gasteiger partial charge in [-0.25, -0.2) is 4.79 Å². The summed E-state index contributed by atoms with van der Waals surface area (Å²) in [6.07, 6.45) is 0. The minimum Gasteiger partial charge on any atom is -0.461 e. The summed E-state index contributed by atoms with van der Waals surface area (Å²) in [5.41, 5.74) is -5.64. The molecule has 6 nitrogen and oxygen atoms in total. The minimum absolute atomic E-state index is 0.0303. The van der Waals surface area contributed by atoms with Gasteiger partial charge in [0.1, 0.15) is 5.69 Å². The first-order valence-corrected chi connectivity index (χ1v) is 7.36. The molecule has 1 aromatic heterocycles. The van der Waals surface area contributed by atoms with Crippen LogP contribution in [0.4, 0.5) is 13.2 Å². The number of carbonyl (C=O) groups excluding carboxylic acids is 1. The van der Waals surface area contributed by atoms with Crippen LogP contribution < -0.4 is 4.18 Å². The van der Waals surface area contributed by atoms with Crippen LogP contribution in [0.25, 0.3) is 10.9 Å². The number of benzene rings is 1. The molecule has 1 aromatic carbocycles. The van der Waals surface area contributed by atoms with Gasteiger partial charge in [0.05, 0.1) is 12.1 Å². The third-order valence-corrected chi connectivity index (χ3v) is 3.56. The molecule has 0 unspecified atom stereocenters. The Balaban J connectivity index is 2.46. The quantitative estimate of drug-likeness (QED) is 0.526. The third-order valence-electron chi connectivity index (χ3n) is 2.60. The molecule has 0 saturated heterocycles. The topological polar surface area (TPSA) is 85.5 Å². The van der Waals surface area contributed by atoms with E-state index >= 15 is 0 Å². The van der Waals surface area contributed by atoms with Crippen LogP contribution in [0.15, 0.2) is 24.3 Å². The predicted octanol–water partition coefficient (Wildman–Crippen LogP) is 2.57. The van der Waals surface area contributed by atoms with Gasteiger partial charge >= 0.3 is 21.6 Å². The first-order chi connectivity index (χ1) is 10.2. The van der Waals surface area contributed by atoms with E-state index in [9.17, 15) is 26.4 Å². The van der Waals surface area contributed by atoms with Crippen molar-refractivity contribution in [2.45, 2.75) is 12.4 Å². The number of alkyl halides is 3. The van der Waals surface area contributed by atoms with Gasteiger partial charge in [0.2, 0.25) is 0 Å². The number of hydrogen-bond donors (Lipinski definition) is 1. The first-order valence-electron chi connectivity index (χ1n) is 5.95. The zero-order chi connectivity index (χ0) is 16.5. The van der Waals surface area contributed by atoms with Crippen molar-refractivity contribution >= 4 is 27.0 Å². The van der Waals surface area contributed by atoms with E-state index in [0.29, 0.717) is 5.39 Å².